The van der Waals surface area contributed by atoms with Crippen LogP contribution in [0.1, 0.15) is 10.4 Å². The molecule has 100 valence electrons. The molecular weight excluding hydrogens is 264 g/mol. The lowest BCUT2D eigenvalue weighted by Crippen LogP contribution is -2.29. The predicted molar refractivity (Wildman–Crippen MR) is 72.9 cm³/mol. The number of nitrogens with one attached hydrogen (secondary N) is 2. The van der Waals surface area contributed by atoms with Gasteiger partial charge >= 0.3 is 0 Å². The van der Waals surface area contributed by atoms with E-state index in [1.165, 1.54) is 0 Å². The van der Waals surface area contributed by atoms with Crippen molar-refractivity contribution in [2.75, 3.05) is 12.4 Å². The van der Waals surface area contributed by atoms with E-state index in [1.54, 1.807) is 48.4 Å². The molecule has 0 radical (unpaired) electrons. The minimum Gasteiger partial charge on any atom is -0.493 e. The van der Waals surface area contributed by atoms with Crippen LogP contribution in [0.2, 0.25) is 0 Å². The van der Waals surface area contributed by atoms with Gasteiger partial charge in [0.15, 0.2) is 5.16 Å². The zero-order chi connectivity index (χ0) is 13.5. The van der Waals surface area contributed by atoms with Crippen molar-refractivity contribution in [3.63, 3.8) is 0 Å². The number of carbonyl (C=O) groups excluding carboxylic acids is 1. The molecule has 0 bridgehead atoms. The Balaban J connectivity index is 1.75. The Morgan fingerprint density at radius 2 is 2.21 bits per heavy atom. The van der Waals surface area contributed by atoms with E-state index < -0.39 is 0 Å². The van der Waals surface area contributed by atoms with Crippen LogP contribution in [-0.4, -0.2) is 28.2 Å². The standard InChI is InChI=1S/C12H14N4O2S/c13-16-11(17)9-1-3-10(4-2-9)18-7-8-19-12-14-5-6-15-12/h1-6H,7-8,13H2,(H,14,15)(H,16,17). The summed E-state index contributed by atoms with van der Waals surface area (Å²) in [6.07, 6.45) is 3.49. The summed E-state index contributed by atoms with van der Waals surface area (Å²) < 4.78 is 5.55. The lowest BCUT2D eigenvalue weighted by atomic mass is 10.2. The third-order valence-electron chi connectivity index (χ3n) is 2.31. The number of hydrazine groups is 1. The Hall–Kier alpha value is -1.99. The van der Waals surface area contributed by atoms with Crippen molar-refractivity contribution in [1.82, 2.24) is 15.4 Å². The molecule has 0 atom stereocenters. The lowest BCUT2D eigenvalue weighted by Gasteiger charge is -2.06. The minimum absolute atomic E-state index is 0.320. The SMILES string of the molecule is NNC(=O)c1ccc(OCCSc2ncc[nH]2)cc1. The van der Waals surface area contributed by atoms with Gasteiger partial charge in [-0.3, -0.25) is 10.2 Å². The van der Waals surface area contributed by atoms with Crippen molar-refractivity contribution in [3.05, 3.63) is 42.2 Å². The highest BCUT2D eigenvalue weighted by atomic mass is 32.2. The molecule has 0 aliphatic heterocycles. The van der Waals surface area contributed by atoms with Crippen molar-refractivity contribution in [1.29, 1.82) is 0 Å². The number of aromatic nitrogens is 2. The van der Waals surface area contributed by atoms with E-state index in [1.807, 2.05) is 0 Å². The second-order valence-electron chi connectivity index (χ2n) is 3.59. The molecule has 0 saturated heterocycles. The second kappa shape index (κ2) is 6.81. The molecule has 0 aliphatic rings. The molecule has 19 heavy (non-hydrogen) atoms. The largest absolute Gasteiger partial charge is 0.493 e. The van der Waals surface area contributed by atoms with Gasteiger partial charge in [-0.25, -0.2) is 10.8 Å². The van der Waals surface area contributed by atoms with Crippen LogP contribution in [0.4, 0.5) is 0 Å². The average molecular weight is 278 g/mol. The second-order valence-corrected chi connectivity index (χ2v) is 4.67. The van der Waals surface area contributed by atoms with Crippen molar-refractivity contribution < 1.29 is 9.53 Å². The molecule has 6 nitrogen and oxygen atoms in total. The van der Waals surface area contributed by atoms with E-state index in [4.69, 9.17) is 10.6 Å². The predicted octanol–water partition coefficient (Wildman–Crippen LogP) is 1.18. The van der Waals surface area contributed by atoms with Crippen LogP contribution in [0.3, 0.4) is 0 Å². The third kappa shape index (κ3) is 4.01. The van der Waals surface area contributed by atoms with Crippen LogP contribution in [0, 0.1) is 0 Å². The highest BCUT2D eigenvalue weighted by Gasteiger charge is 2.03. The van der Waals surface area contributed by atoms with E-state index >= 15 is 0 Å². The lowest BCUT2D eigenvalue weighted by molar-refractivity contribution is 0.0953. The molecule has 2 aromatic rings. The number of imidazole rings is 1. The van der Waals surface area contributed by atoms with Crippen LogP contribution in [0.15, 0.2) is 41.8 Å². The molecule has 0 aliphatic carbocycles. The maximum atomic E-state index is 11.2. The Labute approximate surface area is 114 Å². The van der Waals surface area contributed by atoms with Gasteiger partial charge in [0.05, 0.1) is 6.61 Å². The first kappa shape index (κ1) is 13.4. The van der Waals surface area contributed by atoms with E-state index in [0.717, 1.165) is 10.9 Å². The number of aromatic amines is 1. The number of H-pyrrole nitrogens is 1. The average Bonchev–Trinajstić information content (AvgIpc) is 2.96. The fraction of sp³-hybridized carbons (Fsp3) is 0.167. The topological polar surface area (TPSA) is 93.0 Å². The Morgan fingerprint density at radius 3 is 2.84 bits per heavy atom. The van der Waals surface area contributed by atoms with Gasteiger partial charge in [0, 0.05) is 23.7 Å². The summed E-state index contributed by atoms with van der Waals surface area (Å²) in [5, 5.41) is 0.874. The third-order valence-corrected chi connectivity index (χ3v) is 3.18. The maximum absolute atomic E-state index is 11.2. The molecule has 1 aromatic heterocycles. The molecule has 1 heterocycles. The molecule has 7 heteroatoms. The minimum atomic E-state index is -0.320. The molecule has 1 aromatic carbocycles. The molecule has 2 rings (SSSR count). The van der Waals surface area contributed by atoms with Gasteiger partial charge in [-0.2, -0.15) is 0 Å². The fourth-order valence-corrected chi connectivity index (χ4v) is 2.06. The van der Waals surface area contributed by atoms with Crippen LogP contribution in [0.5, 0.6) is 5.75 Å². The van der Waals surface area contributed by atoms with Crippen molar-refractivity contribution >= 4 is 17.7 Å². The number of rotatable bonds is 6. The van der Waals surface area contributed by atoms with Gasteiger partial charge in [0.1, 0.15) is 5.75 Å². The number of hydrogen-bond acceptors (Lipinski definition) is 5. The molecular formula is C12H14N4O2S. The van der Waals surface area contributed by atoms with E-state index in [2.05, 4.69) is 15.4 Å². The van der Waals surface area contributed by atoms with Gasteiger partial charge in [0.2, 0.25) is 0 Å². The van der Waals surface area contributed by atoms with E-state index in [9.17, 15) is 4.79 Å². The number of benzene rings is 1. The fourth-order valence-electron chi connectivity index (χ4n) is 1.41. The molecule has 0 saturated carbocycles. The molecule has 1 amide bonds. The van der Waals surface area contributed by atoms with Crippen molar-refractivity contribution in [2.24, 2.45) is 5.84 Å². The number of nitrogens with two attached hydrogens (primary N) is 1. The van der Waals surface area contributed by atoms with E-state index in [-0.39, 0.29) is 5.91 Å². The number of thioether (sulfide) groups is 1. The zero-order valence-corrected chi connectivity index (χ0v) is 10.9. The molecule has 0 spiro atoms. The Morgan fingerprint density at radius 1 is 1.42 bits per heavy atom. The monoisotopic (exact) mass is 278 g/mol. The number of ether oxygens (including phenoxy) is 1. The Bertz CT molecular complexity index is 513. The van der Waals surface area contributed by atoms with Crippen LogP contribution >= 0.6 is 11.8 Å². The van der Waals surface area contributed by atoms with Crippen molar-refractivity contribution in [3.8, 4) is 5.75 Å². The van der Waals surface area contributed by atoms with Gasteiger partial charge < -0.3 is 9.72 Å². The summed E-state index contributed by atoms with van der Waals surface area (Å²) in [6.45, 7) is 0.563. The van der Waals surface area contributed by atoms with Crippen molar-refractivity contribution in [2.45, 2.75) is 5.16 Å². The summed E-state index contributed by atoms with van der Waals surface area (Å²) in [5.41, 5.74) is 2.57. The smallest absolute Gasteiger partial charge is 0.265 e. The highest BCUT2D eigenvalue weighted by molar-refractivity contribution is 7.99. The number of amides is 1. The summed E-state index contributed by atoms with van der Waals surface area (Å²) in [7, 11) is 0. The molecule has 4 N–H and O–H groups in total. The summed E-state index contributed by atoms with van der Waals surface area (Å²) in [6, 6.07) is 6.80. The summed E-state index contributed by atoms with van der Waals surface area (Å²) in [4.78, 5) is 18.3. The van der Waals surface area contributed by atoms with E-state index in [0.29, 0.717) is 17.9 Å². The first-order chi connectivity index (χ1) is 9.29. The maximum Gasteiger partial charge on any atom is 0.265 e. The highest BCUT2D eigenvalue weighted by Crippen LogP contribution is 2.14. The van der Waals surface area contributed by atoms with Crippen LogP contribution in [0.25, 0.3) is 0 Å². The first-order valence-corrected chi connectivity index (χ1v) is 6.64. The van der Waals surface area contributed by atoms with Gasteiger partial charge in [-0.1, -0.05) is 11.8 Å². The van der Waals surface area contributed by atoms with Crippen LogP contribution in [-0.2, 0) is 0 Å². The van der Waals surface area contributed by atoms with Crippen LogP contribution < -0.4 is 16.0 Å². The number of nitrogens with zero attached hydrogens (tertiary/aromatic N) is 1. The molecule has 0 fully saturated rings. The van der Waals surface area contributed by atoms with Gasteiger partial charge in [0.25, 0.3) is 5.91 Å². The zero-order valence-electron chi connectivity index (χ0n) is 10.1. The summed E-state index contributed by atoms with van der Waals surface area (Å²) in [5.74, 6) is 6.23. The number of carbonyl (C=O) groups is 1. The molecule has 0 unspecified atom stereocenters. The quantitative estimate of drug-likeness (QED) is 0.243. The summed E-state index contributed by atoms with van der Waals surface area (Å²) >= 11 is 1.59. The van der Waals surface area contributed by atoms with Gasteiger partial charge in [-0.15, -0.1) is 0 Å². The Kier molecular flexibility index (Phi) is 4.82. The number of nitrogen functional groups attached to an aromatic ring is 1. The number of hydrogen-bond donors (Lipinski definition) is 3. The van der Waals surface area contributed by atoms with Gasteiger partial charge in [-0.05, 0) is 24.3 Å². The first-order valence-electron chi connectivity index (χ1n) is 5.65. The normalized spacial score (nSPS) is 10.2.